The summed E-state index contributed by atoms with van der Waals surface area (Å²) < 4.78 is 10.6. The van der Waals surface area contributed by atoms with Gasteiger partial charge in [0.05, 0.1) is 6.10 Å². The minimum absolute atomic E-state index is 0.147. The van der Waals surface area contributed by atoms with Crippen LogP contribution in [-0.2, 0) is 19.1 Å². The van der Waals surface area contributed by atoms with Gasteiger partial charge >= 0.3 is 12.1 Å². The van der Waals surface area contributed by atoms with E-state index < -0.39 is 29.9 Å². The molecule has 4 rings (SSSR count). The van der Waals surface area contributed by atoms with Crippen LogP contribution in [0.15, 0.2) is 11.6 Å². The second-order valence-corrected chi connectivity index (χ2v) is 12.0. The molecule has 2 saturated carbocycles. The first kappa shape index (κ1) is 26.9. The summed E-state index contributed by atoms with van der Waals surface area (Å²) in [6.07, 6.45) is 5.20. The Morgan fingerprint density at radius 3 is 2.50 bits per heavy atom. The van der Waals surface area contributed by atoms with Gasteiger partial charge in [-0.3, -0.25) is 4.79 Å². The maximum Gasteiger partial charge on any atom is 0.407 e. The van der Waals surface area contributed by atoms with E-state index in [4.69, 9.17) is 9.47 Å². The summed E-state index contributed by atoms with van der Waals surface area (Å²) in [7, 11) is 0. The van der Waals surface area contributed by atoms with E-state index in [-0.39, 0.29) is 17.9 Å². The van der Waals surface area contributed by atoms with Crippen LogP contribution in [0.1, 0.15) is 72.1 Å². The van der Waals surface area contributed by atoms with E-state index in [9.17, 15) is 24.6 Å². The SMILES string of the molecule is CC(C)(C)OC(=O)NCC1CCCC(C2CCN(C(=O)C3=CC(=O)OC4C3CCC(O)C4O)CC2)C1. The van der Waals surface area contributed by atoms with Gasteiger partial charge in [-0.1, -0.05) is 12.8 Å². The van der Waals surface area contributed by atoms with E-state index in [1.165, 1.54) is 12.5 Å². The van der Waals surface area contributed by atoms with E-state index in [2.05, 4.69) is 5.32 Å². The molecule has 2 aliphatic heterocycles. The summed E-state index contributed by atoms with van der Waals surface area (Å²) in [5.41, 5.74) is -0.0936. The fourth-order valence-corrected chi connectivity index (χ4v) is 6.49. The van der Waals surface area contributed by atoms with Crippen molar-refractivity contribution in [2.45, 2.75) is 96.1 Å². The van der Waals surface area contributed by atoms with Crippen LogP contribution in [-0.4, -0.2) is 76.6 Å². The summed E-state index contributed by atoms with van der Waals surface area (Å²) in [5.74, 6) is 0.428. The van der Waals surface area contributed by atoms with Gasteiger partial charge in [0.15, 0.2) is 0 Å². The second-order valence-electron chi connectivity index (χ2n) is 12.0. The van der Waals surface area contributed by atoms with Crippen molar-refractivity contribution < 1.29 is 34.1 Å². The molecule has 36 heavy (non-hydrogen) atoms. The number of carbonyl (C=O) groups excluding carboxylic acids is 3. The average Bonchev–Trinajstić information content (AvgIpc) is 2.84. The number of hydrogen-bond acceptors (Lipinski definition) is 7. The molecule has 6 unspecified atom stereocenters. The van der Waals surface area contributed by atoms with Crippen LogP contribution in [0.5, 0.6) is 0 Å². The van der Waals surface area contributed by atoms with Gasteiger partial charge < -0.3 is 29.9 Å². The van der Waals surface area contributed by atoms with Crippen LogP contribution in [0.25, 0.3) is 0 Å². The number of ether oxygens (including phenoxy) is 2. The Morgan fingerprint density at radius 2 is 1.81 bits per heavy atom. The number of likely N-dealkylation sites (tertiary alicyclic amines) is 1. The van der Waals surface area contributed by atoms with Crippen LogP contribution in [0.4, 0.5) is 4.79 Å². The number of nitrogens with one attached hydrogen (secondary N) is 1. The number of amides is 2. The zero-order chi connectivity index (χ0) is 26.0. The summed E-state index contributed by atoms with van der Waals surface area (Å²) in [4.78, 5) is 39.4. The van der Waals surface area contributed by atoms with E-state index in [0.717, 1.165) is 32.1 Å². The molecule has 0 radical (unpaired) electrons. The van der Waals surface area contributed by atoms with Crippen molar-refractivity contribution in [1.29, 1.82) is 0 Å². The third-order valence-electron chi connectivity index (χ3n) is 8.32. The highest BCUT2D eigenvalue weighted by Gasteiger charge is 2.47. The van der Waals surface area contributed by atoms with Gasteiger partial charge in [0.1, 0.15) is 17.8 Å². The van der Waals surface area contributed by atoms with Gasteiger partial charge in [0, 0.05) is 37.2 Å². The molecule has 3 fully saturated rings. The molecule has 1 saturated heterocycles. The molecule has 2 heterocycles. The van der Waals surface area contributed by atoms with Crippen LogP contribution in [0, 0.1) is 23.7 Å². The zero-order valence-corrected chi connectivity index (χ0v) is 21.8. The molecule has 2 aliphatic carbocycles. The Kier molecular flexibility index (Phi) is 8.29. The highest BCUT2D eigenvalue weighted by molar-refractivity contribution is 6.01. The van der Waals surface area contributed by atoms with Crippen molar-refractivity contribution in [3.05, 3.63) is 11.6 Å². The quantitative estimate of drug-likeness (QED) is 0.500. The normalized spacial score (nSPS) is 33.8. The first-order valence-corrected chi connectivity index (χ1v) is 13.6. The van der Waals surface area contributed by atoms with E-state index in [1.807, 2.05) is 25.7 Å². The van der Waals surface area contributed by atoms with Crippen LogP contribution in [0.3, 0.4) is 0 Å². The molecular weight excluding hydrogens is 464 g/mol. The number of piperidine rings is 1. The molecule has 0 aromatic rings. The monoisotopic (exact) mass is 506 g/mol. The predicted molar refractivity (Wildman–Crippen MR) is 132 cm³/mol. The van der Waals surface area contributed by atoms with E-state index in [0.29, 0.717) is 55.8 Å². The van der Waals surface area contributed by atoms with Crippen LogP contribution in [0.2, 0.25) is 0 Å². The summed E-state index contributed by atoms with van der Waals surface area (Å²) in [5, 5.41) is 23.2. The molecule has 9 heteroatoms. The van der Waals surface area contributed by atoms with Crippen molar-refractivity contribution in [2.75, 3.05) is 19.6 Å². The van der Waals surface area contributed by atoms with Gasteiger partial charge in [0.25, 0.3) is 0 Å². The average molecular weight is 507 g/mol. The lowest BCUT2D eigenvalue weighted by molar-refractivity contribution is -0.170. The largest absolute Gasteiger partial charge is 0.456 e. The van der Waals surface area contributed by atoms with Gasteiger partial charge in [-0.25, -0.2) is 9.59 Å². The fourth-order valence-electron chi connectivity index (χ4n) is 6.49. The number of nitrogens with zero attached hydrogens (tertiary/aromatic N) is 1. The third kappa shape index (κ3) is 6.40. The Labute approximate surface area is 213 Å². The highest BCUT2D eigenvalue weighted by atomic mass is 16.6. The fraction of sp³-hybridized carbons (Fsp3) is 0.815. The molecule has 6 atom stereocenters. The Morgan fingerprint density at radius 1 is 1.08 bits per heavy atom. The van der Waals surface area contributed by atoms with Gasteiger partial charge in [-0.15, -0.1) is 0 Å². The van der Waals surface area contributed by atoms with Crippen LogP contribution >= 0.6 is 0 Å². The lowest BCUT2D eigenvalue weighted by Crippen LogP contribution is -2.53. The third-order valence-corrected chi connectivity index (χ3v) is 8.32. The lowest BCUT2D eigenvalue weighted by atomic mass is 9.72. The summed E-state index contributed by atoms with van der Waals surface area (Å²) in [6.45, 7) is 7.51. The Balaban J connectivity index is 1.28. The molecule has 2 amide bonds. The van der Waals surface area contributed by atoms with Crippen molar-refractivity contribution in [3.8, 4) is 0 Å². The van der Waals surface area contributed by atoms with Crippen LogP contribution < -0.4 is 5.32 Å². The molecular formula is C27H42N2O7. The van der Waals surface area contributed by atoms with Crippen molar-refractivity contribution >= 4 is 18.0 Å². The molecule has 0 spiro atoms. The zero-order valence-electron chi connectivity index (χ0n) is 21.8. The number of aliphatic hydroxyl groups excluding tert-OH is 2. The molecule has 0 aromatic carbocycles. The smallest absolute Gasteiger partial charge is 0.407 e. The lowest BCUT2D eigenvalue weighted by Gasteiger charge is -2.43. The summed E-state index contributed by atoms with van der Waals surface area (Å²) in [6, 6.07) is 0. The van der Waals surface area contributed by atoms with E-state index >= 15 is 0 Å². The first-order valence-electron chi connectivity index (χ1n) is 13.6. The number of hydrogen-bond donors (Lipinski definition) is 3. The maximum atomic E-state index is 13.4. The second kappa shape index (κ2) is 11.1. The molecule has 0 bridgehead atoms. The van der Waals surface area contributed by atoms with Gasteiger partial charge in [0.2, 0.25) is 5.91 Å². The first-order chi connectivity index (χ1) is 17.0. The molecule has 202 valence electrons. The maximum absolute atomic E-state index is 13.4. The predicted octanol–water partition coefficient (Wildman–Crippen LogP) is 2.54. The molecule has 0 aromatic heterocycles. The van der Waals surface area contributed by atoms with Crippen molar-refractivity contribution in [3.63, 3.8) is 0 Å². The highest BCUT2D eigenvalue weighted by Crippen LogP contribution is 2.40. The Hall–Kier alpha value is -2.13. The van der Waals surface area contributed by atoms with Crippen molar-refractivity contribution in [1.82, 2.24) is 10.2 Å². The molecule has 9 nitrogen and oxygen atoms in total. The van der Waals surface area contributed by atoms with Gasteiger partial charge in [-0.2, -0.15) is 0 Å². The van der Waals surface area contributed by atoms with Gasteiger partial charge in [-0.05, 0) is 77.0 Å². The minimum Gasteiger partial charge on any atom is -0.456 e. The number of carbonyl (C=O) groups is 3. The standard InChI is InChI=1S/C27H42N2O7/c1-27(2,3)36-26(34)28-15-16-5-4-6-18(13-16)17-9-11-29(12-10-17)25(33)20-14-22(31)35-24-19(20)7-8-21(30)23(24)32/h14,16-19,21,23-24,30,32H,4-13,15H2,1-3H3,(H,28,34). The number of rotatable bonds is 4. The number of alkyl carbamates (subject to hydrolysis) is 1. The molecule has 4 aliphatic rings. The summed E-state index contributed by atoms with van der Waals surface area (Å²) >= 11 is 0. The number of aliphatic hydroxyl groups is 2. The topological polar surface area (TPSA) is 125 Å². The minimum atomic E-state index is -1.17. The van der Waals surface area contributed by atoms with Crippen molar-refractivity contribution in [2.24, 2.45) is 23.7 Å². The Bertz CT molecular complexity index is 859. The molecule has 3 N–H and O–H groups in total. The number of fused-ring (bicyclic) bond motifs is 1. The number of esters is 1. The van der Waals surface area contributed by atoms with E-state index in [1.54, 1.807) is 0 Å².